The molecule has 1 rings (SSSR count). The molecule has 102 valence electrons. The Hall–Kier alpha value is -0.290. The first kappa shape index (κ1) is 14.8. The van der Waals surface area contributed by atoms with E-state index >= 15 is 0 Å². The third-order valence-electron chi connectivity index (χ3n) is 3.50. The molecular formula is C12H23F3N2. The Kier molecular flexibility index (Phi) is 4.84. The average Bonchev–Trinajstić information content (AvgIpc) is 2.59. The van der Waals surface area contributed by atoms with Gasteiger partial charge in [-0.3, -0.25) is 4.90 Å². The van der Waals surface area contributed by atoms with E-state index in [4.69, 9.17) is 0 Å². The topological polar surface area (TPSA) is 15.3 Å². The molecule has 1 aliphatic rings. The second-order valence-corrected chi connectivity index (χ2v) is 5.38. The normalized spacial score (nSPS) is 26.5. The highest BCUT2D eigenvalue weighted by Gasteiger charge is 2.47. The molecule has 0 aliphatic carbocycles. The van der Waals surface area contributed by atoms with E-state index < -0.39 is 18.1 Å². The van der Waals surface area contributed by atoms with Crippen molar-refractivity contribution < 1.29 is 13.2 Å². The van der Waals surface area contributed by atoms with Gasteiger partial charge in [0.15, 0.2) is 0 Å². The van der Waals surface area contributed by atoms with Crippen LogP contribution in [0.3, 0.4) is 0 Å². The van der Waals surface area contributed by atoms with E-state index in [0.29, 0.717) is 13.1 Å². The zero-order chi connectivity index (χ0) is 13.2. The fourth-order valence-electron chi connectivity index (χ4n) is 2.60. The lowest BCUT2D eigenvalue weighted by Crippen LogP contribution is -2.49. The van der Waals surface area contributed by atoms with E-state index in [9.17, 15) is 13.2 Å². The predicted octanol–water partition coefficient (Wildman–Crippen LogP) is 2.65. The van der Waals surface area contributed by atoms with Crippen LogP contribution in [0.25, 0.3) is 0 Å². The van der Waals surface area contributed by atoms with Crippen molar-refractivity contribution in [3.63, 3.8) is 0 Å². The van der Waals surface area contributed by atoms with Crippen molar-refractivity contribution in [1.29, 1.82) is 0 Å². The lowest BCUT2D eigenvalue weighted by molar-refractivity contribution is -0.178. The van der Waals surface area contributed by atoms with Crippen LogP contribution in [0.1, 0.15) is 34.1 Å². The summed E-state index contributed by atoms with van der Waals surface area (Å²) in [4.78, 5) is 2.11. The van der Waals surface area contributed by atoms with Gasteiger partial charge in [0.25, 0.3) is 0 Å². The van der Waals surface area contributed by atoms with Crippen molar-refractivity contribution in [1.82, 2.24) is 10.2 Å². The Bertz CT molecular complexity index is 230. The van der Waals surface area contributed by atoms with Gasteiger partial charge in [-0.25, -0.2) is 0 Å². The summed E-state index contributed by atoms with van der Waals surface area (Å²) in [6.07, 6.45) is -3.87. The Balaban J connectivity index is 2.66. The smallest absolute Gasteiger partial charge is 0.312 e. The van der Waals surface area contributed by atoms with E-state index in [1.807, 2.05) is 27.7 Å². The van der Waals surface area contributed by atoms with Crippen LogP contribution in [-0.2, 0) is 0 Å². The molecule has 0 aromatic heterocycles. The summed E-state index contributed by atoms with van der Waals surface area (Å²) < 4.78 is 38.4. The number of alkyl halides is 3. The van der Waals surface area contributed by atoms with Crippen molar-refractivity contribution >= 4 is 0 Å². The van der Waals surface area contributed by atoms with Gasteiger partial charge >= 0.3 is 6.18 Å². The average molecular weight is 252 g/mol. The summed E-state index contributed by atoms with van der Waals surface area (Å²) in [5.41, 5.74) is 0. The van der Waals surface area contributed by atoms with E-state index in [2.05, 4.69) is 10.2 Å². The van der Waals surface area contributed by atoms with Crippen molar-refractivity contribution in [2.24, 2.45) is 5.92 Å². The van der Waals surface area contributed by atoms with Crippen molar-refractivity contribution in [3.05, 3.63) is 0 Å². The van der Waals surface area contributed by atoms with Gasteiger partial charge in [-0.05, 0) is 40.7 Å². The van der Waals surface area contributed by atoms with Gasteiger partial charge in [0.2, 0.25) is 0 Å². The van der Waals surface area contributed by atoms with Crippen LogP contribution in [-0.4, -0.2) is 42.3 Å². The molecule has 1 fully saturated rings. The van der Waals surface area contributed by atoms with Crippen molar-refractivity contribution in [2.75, 3.05) is 13.1 Å². The minimum absolute atomic E-state index is 0.207. The van der Waals surface area contributed by atoms with E-state index in [0.717, 1.165) is 0 Å². The number of hydrogen-bond donors (Lipinski definition) is 1. The third kappa shape index (κ3) is 3.85. The molecule has 1 saturated heterocycles. The van der Waals surface area contributed by atoms with Crippen LogP contribution in [0.4, 0.5) is 13.2 Å². The largest absolute Gasteiger partial charge is 0.393 e. The van der Waals surface area contributed by atoms with Crippen LogP contribution < -0.4 is 5.32 Å². The number of nitrogens with zero attached hydrogens (tertiary/aromatic N) is 1. The van der Waals surface area contributed by atoms with Gasteiger partial charge in [0.05, 0.1) is 5.92 Å². The molecule has 2 atom stereocenters. The first-order valence-electron chi connectivity index (χ1n) is 6.29. The Morgan fingerprint density at radius 1 is 1.18 bits per heavy atom. The molecule has 0 amide bonds. The van der Waals surface area contributed by atoms with Crippen molar-refractivity contribution in [3.8, 4) is 0 Å². The maximum Gasteiger partial charge on any atom is 0.393 e. The minimum atomic E-state index is -4.08. The van der Waals surface area contributed by atoms with Gasteiger partial charge in [-0.2, -0.15) is 13.2 Å². The maximum absolute atomic E-state index is 12.8. The highest BCUT2D eigenvalue weighted by atomic mass is 19.4. The number of halogens is 3. The molecule has 0 bridgehead atoms. The third-order valence-corrected chi connectivity index (χ3v) is 3.50. The SMILES string of the molecule is CC(C)N(CC1NCCC1C(F)(F)F)C(C)C. The van der Waals surface area contributed by atoms with Crippen LogP contribution in [0.15, 0.2) is 0 Å². The quantitative estimate of drug-likeness (QED) is 0.827. The predicted molar refractivity (Wildman–Crippen MR) is 62.9 cm³/mol. The summed E-state index contributed by atoms with van der Waals surface area (Å²) in [6.45, 7) is 9.04. The first-order valence-corrected chi connectivity index (χ1v) is 6.29. The summed E-state index contributed by atoms with van der Waals surface area (Å²) >= 11 is 0. The highest BCUT2D eigenvalue weighted by Crippen LogP contribution is 2.34. The van der Waals surface area contributed by atoms with Crippen molar-refractivity contribution in [2.45, 2.75) is 58.4 Å². The molecule has 0 aromatic rings. The summed E-state index contributed by atoms with van der Waals surface area (Å²) in [5.74, 6) is -1.19. The number of hydrogen-bond acceptors (Lipinski definition) is 2. The minimum Gasteiger partial charge on any atom is -0.312 e. The second-order valence-electron chi connectivity index (χ2n) is 5.38. The van der Waals surface area contributed by atoms with Gasteiger partial charge < -0.3 is 5.32 Å². The Labute approximate surface area is 102 Å². The standard InChI is InChI=1S/C12H23F3N2/c1-8(2)17(9(3)4)7-11-10(5-6-16-11)12(13,14)15/h8-11,16H,5-7H2,1-4H3. The summed E-state index contributed by atoms with van der Waals surface area (Å²) in [7, 11) is 0. The fourth-order valence-corrected chi connectivity index (χ4v) is 2.60. The zero-order valence-electron chi connectivity index (χ0n) is 11.0. The molecular weight excluding hydrogens is 229 g/mol. The van der Waals surface area contributed by atoms with Gasteiger partial charge in [-0.1, -0.05) is 0 Å². The molecule has 5 heteroatoms. The molecule has 2 nitrogen and oxygen atoms in total. The summed E-state index contributed by atoms with van der Waals surface area (Å²) in [6, 6.07) is 0.0809. The first-order chi connectivity index (χ1) is 7.73. The van der Waals surface area contributed by atoms with Gasteiger partial charge in [-0.15, -0.1) is 0 Å². The molecule has 0 spiro atoms. The Morgan fingerprint density at radius 2 is 1.71 bits per heavy atom. The lowest BCUT2D eigenvalue weighted by Gasteiger charge is -2.35. The molecule has 17 heavy (non-hydrogen) atoms. The molecule has 0 aromatic carbocycles. The molecule has 1 aliphatic heterocycles. The van der Waals surface area contributed by atoms with E-state index in [-0.39, 0.29) is 18.5 Å². The molecule has 1 N–H and O–H groups in total. The van der Waals surface area contributed by atoms with Crippen LogP contribution in [0.5, 0.6) is 0 Å². The molecule has 2 unspecified atom stereocenters. The molecule has 0 radical (unpaired) electrons. The number of nitrogens with one attached hydrogen (secondary N) is 1. The highest BCUT2D eigenvalue weighted by molar-refractivity contribution is 4.91. The molecule has 0 saturated carbocycles. The Morgan fingerprint density at radius 3 is 2.12 bits per heavy atom. The fraction of sp³-hybridized carbons (Fsp3) is 1.00. The van der Waals surface area contributed by atoms with Crippen LogP contribution >= 0.6 is 0 Å². The van der Waals surface area contributed by atoms with E-state index in [1.54, 1.807) is 0 Å². The zero-order valence-corrected chi connectivity index (χ0v) is 11.0. The number of rotatable bonds is 4. The maximum atomic E-state index is 12.8. The second kappa shape index (κ2) is 5.57. The lowest BCUT2D eigenvalue weighted by atomic mass is 9.99. The molecule has 1 heterocycles. The van der Waals surface area contributed by atoms with Gasteiger partial charge in [0.1, 0.15) is 0 Å². The monoisotopic (exact) mass is 252 g/mol. The van der Waals surface area contributed by atoms with Crippen LogP contribution in [0, 0.1) is 5.92 Å². The van der Waals surface area contributed by atoms with Crippen LogP contribution in [0.2, 0.25) is 0 Å². The summed E-state index contributed by atoms with van der Waals surface area (Å²) in [5, 5.41) is 2.99. The van der Waals surface area contributed by atoms with Gasteiger partial charge in [0, 0.05) is 24.7 Å². The van der Waals surface area contributed by atoms with E-state index in [1.165, 1.54) is 0 Å².